The molecule has 126 valence electrons. The van der Waals surface area contributed by atoms with Crippen molar-refractivity contribution in [3.8, 4) is 5.75 Å². The number of para-hydroxylation sites is 2. The SMILES string of the molecule is COc1ccccc1NC(=O)Cn1ncn2c(cc3occc32)c1=O. The van der Waals surface area contributed by atoms with Gasteiger partial charge in [-0.25, -0.2) is 4.68 Å². The number of benzene rings is 1. The summed E-state index contributed by atoms with van der Waals surface area (Å²) in [6.07, 6.45) is 3.04. The summed E-state index contributed by atoms with van der Waals surface area (Å²) in [5, 5.41) is 6.78. The molecule has 1 amide bonds. The second-order valence-corrected chi connectivity index (χ2v) is 5.41. The molecule has 0 fully saturated rings. The summed E-state index contributed by atoms with van der Waals surface area (Å²) >= 11 is 0. The highest BCUT2D eigenvalue weighted by Gasteiger charge is 2.13. The molecule has 0 aliphatic carbocycles. The number of nitrogens with one attached hydrogen (secondary N) is 1. The Morgan fingerprint density at radius 1 is 1.28 bits per heavy atom. The van der Waals surface area contributed by atoms with Gasteiger partial charge in [0, 0.05) is 12.1 Å². The molecular formula is C17H14N4O4. The van der Waals surface area contributed by atoms with Gasteiger partial charge in [-0.2, -0.15) is 5.10 Å². The van der Waals surface area contributed by atoms with E-state index in [1.165, 1.54) is 13.4 Å². The summed E-state index contributed by atoms with van der Waals surface area (Å²) in [6, 6.07) is 10.4. The average Bonchev–Trinajstić information content (AvgIpc) is 3.19. The first kappa shape index (κ1) is 15.0. The van der Waals surface area contributed by atoms with Crippen LogP contribution in [-0.4, -0.2) is 27.2 Å². The predicted molar refractivity (Wildman–Crippen MR) is 90.8 cm³/mol. The normalized spacial score (nSPS) is 11.1. The number of rotatable bonds is 4. The van der Waals surface area contributed by atoms with E-state index in [9.17, 15) is 9.59 Å². The van der Waals surface area contributed by atoms with Crippen molar-refractivity contribution in [3.63, 3.8) is 0 Å². The number of anilines is 1. The van der Waals surface area contributed by atoms with Crippen molar-refractivity contribution in [3.05, 3.63) is 59.3 Å². The van der Waals surface area contributed by atoms with Crippen molar-refractivity contribution < 1.29 is 13.9 Å². The number of carbonyl (C=O) groups is 1. The van der Waals surface area contributed by atoms with Crippen molar-refractivity contribution in [1.29, 1.82) is 0 Å². The van der Waals surface area contributed by atoms with Gasteiger partial charge < -0.3 is 14.5 Å². The summed E-state index contributed by atoms with van der Waals surface area (Å²) in [7, 11) is 1.52. The largest absolute Gasteiger partial charge is 0.495 e. The van der Waals surface area contributed by atoms with Gasteiger partial charge in [0.1, 0.15) is 24.1 Å². The third kappa shape index (κ3) is 2.53. The Morgan fingerprint density at radius 3 is 2.96 bits per heavy atom. The number of ether oxygens (including phenoxy) is 1. The third-order valence-electron chi connectivity index (χ3n) is 3.89. The van der Waals surface area contributed by atoms with Crippen LogP contribution in [0.1, 0.15) is 0 Å². The number of hydrogen-bond donors (Lipinski definition) is 1. The smallest absolute Gasteiger partial charge is 0.291 e. The highest BCUT2D eigenvalue weighted by atomic mass is 16.5. The zero-order valence-electron chi connectivity index (χ0n) is 13.3. The molecule has 0 radical (unpaired) electrons. The van der Waals surface area contributed by atoms with Crippen LogP contribution in [0.5, 0.6) is 5.75 Å². The molecule has 0 spiro atoms. The van der Waals surface area contributed by atoms with Crippen LogP contribution in [0.3, 0.4) is 0 Å². The topological polar surface area (TPSA) is 90.8 Å². The van der Waals surface area contributed by atoms with Gasteiger partial charge in [-0.1, -0.05) is 12.1 Å². The van der Waals surface area contributed by atoms with Crippen molar-refractivity contribution in [2.45, 2.75) is 6.54 Å². The fourth-order valence-corrected chi connectivity index (χ4v) is 2.72. The quantitative estimate of drug-likeness (QED) is 0.613. The number of hydrogen-bond acceptors (Lipinski definition) is 5. The van der Waals surface area contributed by atoms with Crippen molar-refractivity contribution >= 4 is 28.2 Å². The lowest BCUT2D eigenvalue weighted by molar-refractivity contribution is -0.117. The van der Waals surface area contributed by atoms with E-state index < -0.39 is 0 Å². The van der Waals surface area contributed by atoms with E-state index in [0.717, 1.165) is 10.2 Å². The molecule has 3 aromatic heterocycles. The van der Waals surface area contributed by atoms with Crippen LogP contribution in [0, 0.1) is 0 Å². The Labute approximate surface area is 141 Å². The van der Waals surface area contributed by atoms with Gasteiger partial charge in [-0.3, -0.25) is 14.0 Å². The zero-order chi connectivity index (χ0) is 17.4. The zero-order valence-corrected chi connectivity index (χ0v) is 13.3. The highest BCUT2D eigenvalue weighted by molar-refractivity contribution is 5.92. The van der Waals surface area contributed by atoms with Crippen LogP contribution in [0.4, 0.5) is 5.69 Å². The average molecular weight is 338 g/mol. The maximum Gasteiger partial charge on any atom is 0.291 e. The molecule has 3 heterocycles. The molecular weight excluding hydrogens is 324 g/mol. The number of methoxy groups -OCH3 is 1. The number of nitrogens with zero attached hydrogens (tertiary/aromatic N) is 3. The first-order valence-corrected chi connectivity index (χ1v) is 7.54. The molecule has 0 bridgehead atoms. The van der Waals surface area contributed by atoms with Crippen LogP contribution in [-0.2, 0) is 11.3 Å². The van der Waals surface area contributed by atoms with E-state index in [1.54, 1.807) is 47.1 Å². The monoisotopic (exact) mass is 338 g/mol. The molecule has 0 aliphatic heterocycles. The molecule has 8 nitrogen and oxygen atoms in total. The van der Waals surface area contributed by atoms with Crippen LogP contribution in [0.25, 0.3) is 16.6 Å². The second kappa shape index (κ2) is 5.82. The molecule has 0 saturated heterocycles. The maximum atomic E-state index is 12.5. The Bertz CT molecular complexity index is 1140. The number of fused-ring (bicyclic) bond motifs is 3. The summed E-state index contributed by atoms with van der Waals surface area (Å²) < 4.78 is 13.2. The van der Waals surface area contributed by atoms with Gasteiger partial charge in [0.25, 0.3) is 5.56 Å². The lowest BCUT2D eigenvalue weighted by atomic mass is 10.3. The van der Waals surface area contributed by atoms with Crippen molar-refractivity contribution in [1.82, 2.24) is 14.2 Å². The van der Waals surface area contributed by atoms with Gasteiger partial charge in [-0.15, -0.1) is 0 Å². The van der Waals surface area contributed by atoms with Crippen LogP contribution >= 0.6 is 0 Å². The van der Waals surface area contributed by atoms with E-state index in [2.05, 4.69) is 10.4 Å². The van der Waals surface area contributed by atoms with Crippen LogP contribution < -0.4 is 15.6 Å². The molecule has 8 heteroatoms. The minimum absolute atomic E-state index is 0.208. The fraction of sp³-hybridized carbons (Fsp3) is 0.118. The molecule has 4 aromatic rings. The molecule has 0 saturated carbocycles. The lowest BCUT2D eigenvalue weighted by Crippen LogP contribution is -2.30. The number of amides is 1. The van der Waals surface area contributed by atoms with E-state index in [1.807, 2.05) is 0 Å². The van der Waals surface area contributed by atoms with E-state index in [0.29, 0.717) is 22.5 Å². The second-order valence-electron chi connectivity index (χ2n) is 5.41. The molecule has 1 N–H and O–H groups in total. The summed E-state index contributed by atoms with van der Waals surface area (Å²) in [6.45, 7) is -0.208. The summed E-state index contributed by atoms with van der Waals surface area (Å²) in [4.78, 5) is 24.8. The summed E-state index contributed by atoms with van der Waals surface area (Å²) in [5.74, 6) is 0.164. The van der Waals surface area contributed by atoms with Gasteiger partial charge in [0.2, 0.25) is 5.91 Å². The molecule has 0 unspecified atom stereocenters. The predicted octanol–water partition coefficient (Wildman–Crippen LogP) is 1.89. The molecule has 1 aromatic carbocycles. The van der Waals surface area contributed by atoms with Crippen LogP contribution in [0.2, 0.25) is 0 Å². The highest BCUT2D eigenvalue weighted by Crippen LogP contribution is 2.23. The van der Waals surface area contributed by atoms with Gasteiger partial charge in [0.15, 0.2) is 5.58 Å². The van der Waals surface area contributed by atoms with E-state index in [-0.39, 0.29) is 18.0 Å². The number of furan rings is 1. The Kier molecular flexibility index (Phi) is 3.50. The Balaban J connectivity index is 1.63. The van der Waals surface area contributed by atoms with Crippen molar-refractivity contribution in [2.24, 2.45) is 0 Å². The minimum Gasteiger partial charge on any atom is -0.495 e. The van der Waals surface area contributed by atoms with E-state index >= 15 is 0 Å². The molecule has 25 heavy (non-hydrogen) atoms. The summed E-state index contributed by atoms with van der Waals surface area (Å²) in [5.41, 5.74) is 1.91. The molecule has 0 aliphatic rings. The number of carbonyl (C=O) groups excluding carboxylic acids is 1. The standard InChI is InChI=1S/C17H14N4O4/c1-24-14-5-3-2-4-11(14)19-16(22)9-21-17(23)13-8-15-12(6-7-25-15)20(13)10-18-21/h2-8,10H,9H2,1H3,(H,19,22). The maximum absolute atomic E-state index is 12.5. The molecule has 4 rings (SSSR count). The molecule has 0 atom stereocenters. The first-order chi connectivity index (χ1) is 12.2. The Morgan fingerprint density at radius 2 is 2.12 bits per heavy atom. The van der Waals surface area contributed by atoms with Crippen molar-refractivity contribution in [2.75, 3.05) is 12.4 Å². The fourth-order valence-electron chi connectivity index (χ4n) is 2.72. The third-order valence-corrected chi connectivity index (χ3v) is 3.89. The van der Waals surface area contributed by atoms with Gasteiger partial charge in [0.05, 0.1) is 24.6 Å². The van der Waals surface area contributed by atoms with Gasteiger partial charge >= 0.3 is 0 Å². The Hall–Kier alpha value is -3.55. The number of aromatic nitrogens is 3. The minimum atomic E-state index is -0.376. The van der Waals surface area contributed by atoms with Gasteiger partial charge in [-0.05, 0) is 12.1 Å². The lowest BCUT2D eigenvalue weighted by Gasteiger charge is -2.10. The first-order valence-electron chi connectivity index (χ1n) is 7.54. The van der Waals surface area contributed by atoms with E-state index in [4.69, 9.17) is 9.15 Å². The van der Waals surface area contributed by atoms with Crippen LogP contribution in [0.15, 0.2) is 58.2 Å².